The summed E-state index contributed by atoms with van der Waals surface area (Å²) in [5.74, 6) is 0.432. The highest BCUT2D eigenvalue weighted by atomic mass is 16.5. The standard InChI is InChI=1S/C28H36N4O3/c1-5-20-9-11-21(12-10-20)30-27-22-17-25(32-15-13-31(6-2)14-16-32)26(34-7-3)18-24(22)29-19-23(27)28(33)35-8-4/h9-12,17-19H,5-8,13-16H2,1-4H3,(H,29,30). The summed E-state index contributed by atoms with van der Waals surface area (Å²) in [6.07, 6.45) is 2.57. The van der Waals surface area contributed by atoms with E-state index in [4.69, 9.17) is 9.47 Å². The van der Waals surface area contributed by atoms with Gasteiger partial charge in [0.15, 0.2) is 0 Å². The van der Waals surface area contributed by atoms with Crippen LogP contribution in [0.1, 0.15) is 43.6 Å². The van der Waals surface area contributed by atoms with E-state index in [1.54, 1.807) is 6.20 Å². The van der Waals surface area contributed by atoms with Gasteiger partial charge >= 0.3 is 5.97 Å². The quantitative estimate of drug-likeness (QED) is 0.423. The van der Waals surface area contributed by atoms with Gasteiger partial charge in [-0.2, -0.15) is 0 Å². The third-order valence-corrected chi connectivity index (χ3v) is 6.54. The van der Waals surface area contributed by atoms with E-state index >= 15 is 0 Å². The molecule has 0 spiro atoms. The SMILES string of the molecule is CCOC(=O)c1cnc2cc(OCC)c(N3CCN(CC)CC3)cc2c1Nc1ccc(CC)cc1. The average molecular weight is 477 g/mol. The predicted molar refractivity (Wildman–Crippen MR) is 142 cm³/mol. The van der Waals surface area contributed by atoms with Crippen molar-refractivity contribution in [1.82, 2.24) is 9.88 Å². The third-order valence-electron chi connectivity index (χ3n) is 6.54. The van der Waals surface area contributed by atoms with Gasteiger partial charge in [0.25, 0.3) is 0 Å². The number of carbonyl (C=O) groups excluding carboxylic acids is 1. The van der Waals surface area contributed by atoms with E-state index in [1.807, 2.05) is 32.0 Å². The van der Waals surface area contributed by atoms with E-state index < -0.39 is 0 Å². The second-order valence-corrected chi connectivity index (χ2v) is 8.63. The van der Waals surface area contributed by atoms with Crippen LogP contribution in [-0.2, 0) is 11.2 Å². The van der Waals surface area contributed by atoms with Crippen molar-refractivity contribution in [2.45, 2.75) is 34.1 Å². The topological polar surface area (TPSA) is 66.9 Å². The van der Waals surface area contributed by atoms with Crippen molar-refractivity contribution in [3.63, 3.8) is 0 Å². The maximum Gasteiger partial charge on any atom is 0.341 e. The van der Waals surface area contributed by atoms with Gasteiger partial charge in [-0.1, -0.05) is 26.0 Å². The summed E-state index contributed by atoms with van der Waals surface area (Å²) in [6, 6.07) is 12.4. The van der Waals surface area contributed by atoms with Gasteiger partial charge in [0.05, 0.1) is 30.1 Å². The number of piperazine rings is 1. The van der Waals surface area contributed by atoms with Crippen molar-refractivity contribution in [3.8, 4) is 5.75 Å². The number of rotatable bonds is 9. The summed E-state index contributed by atoms with van der Waals surface area (Å²) in [4.78, 5) is 22.3. The van der Waals surface area contributed by atoms with Crippen LogP contribution >= 0.6 is 0 Å². The lowest BCUT2D eigenvalue weighted by molar-refractivity contribution is 0.0527. The number of aromatic nitrogens is 1. The minimum Gasteiger partial charge on any atom is -0.492 e. The molecule has 0 aliphatic carbocycles. The highest BCUT2D eigenvalue weighted by Gasteiger charge is 2.23. The number of hydrogen-bond donors (Lipinski definition) is 1. The Bertz CT molecular complexity index is 1160. The Morgan fingerprint density at radius 2 is 1.74 bits per heavy atom. The van der Waals surface area contributed by atoms with Crippen LogP contribution in [0.4, 0.5) is 17.1 Å². The molecule has 2 heterocycles. The lowest BCUT2D eigenvalue weighted by atomic mass is 10.1. The Kier molecular flexibility index (Phi) is 8.08. The van der Waals surface area contributed by atoms with Gasteiger partial charge in [-0.25, -0.2) is 4.79 Å². The van der Waals surface area contributed by atoms with Crippen LogP contribution < -0.4 is 15.0 Å². The Morgan fingerprint density at radius 3 is 2.37 bits per heavy atom. The molecular formula is C28H36N4O3. The molecule has 3 aromatic rings. The largest absolute Gasteiger partial charge is 0.492 e. The van der Waals surface area contributed by atoms with Crippen LogP contribution in [0.15, 0.2) is 42.6 Å². The molecule has 4 rings (SSSR count). The first kappa shape index (κ1) is 24.8. The number of nitrogens with one attached hydrogen (secondary N) is 1. The summed E-state index contributed by atoms with van der Waals surface area (Å²) in [5.41, 5.74) is 5.09. The Balaban J connectivity index is 1.83. The van der Waals surface area contributed by atoms with Crippen molar-refractivity contribution >= 4 is 33.9 Å². The van der Waals surface area contributed by atoms with Crippen LogP contribution in [0.2, 0.25) is 0 Å². The Labute approximate surface area is 208 Å². The van der Waals surface area contributed by atoms with Crippen molar-refractivity contribution in [2.24, 2.45) is 0 Å². The first-order valence-corrected chi connectivity index (χ1v) is 12.7. The van der Waals surface area contributed by atoms with Gasteiger partial charge in [-0.05, 0) is 50.6 Å². The summed E-state index contributed by atoms with van der Waals surface area (Å²) in [5, 5.41) is 4.36. The van der Waals surface area contributed by atoms with Crippen LogP contribution in [0.3, 0.4) is 0 Å². The monoisotopic (exact) mass is 476 g/mol. The molecule has 1 N–H and O–H groups in total. The number of pyridine rings is 1. The highest BCUT2D eigenvalue weighted by molar-refractivity contribution is 6.07. The molecule has 1 saturated heterocycles. The van der Waals surface area contributed by atoms with Crippen LogP contribution in [0.5, 0.6) is 5.75 Å². The lowest BCUT2D eigenvalue weighted by Crippen LogP contribution is -2.46. The normalized spacial score (nSPS) is 14.2. The minimum absolute atomic E-state index is 0.303. The first-order chi connectivity index (χ1) is 17.1. The maximum atomic E-state index is 12.9. The van der Waals surface area contributed by atoms with E-state index in [0.717, 1.165) is 67.2 Å². The molecule has 0 atom stereocenters. The van der Waals surface area contributed by atoms with Gasteiger partial charge in [0.1, 0.15) is 11.3 Å². The number of anilines is 3. The zero-order chi connectivity index (χ0) is 24.8. The molecule has 1 aromatic heterocycles. The lowest BCUT2D eigenvalue weighted by Gasteiger charge is -2.36. The smallest absolute Gasteiger partial charge is 0.341 e. The summed E-state index contributed by atoms with van der Waals surface area (Å²) in [7, 11) is 0. The number of nitrogens with zero attached hydrogens (tertiary/aromatic N) is 3. The number of esters is 1. The molecule has 0 radical (unpaired) electrons. The van der Waals surface area contributed by atoms with Crippen molar-refractivity contribution in [3.05, 3.63) is 53.7 Å². The molecule has 2 aromatic carbocycles. The average Bonchev–Trinajstić information content (AvgIpc) is 2.89. The van der Waals surface area contributed by atoms with Crippen LogP contribution in [0, 0.1) is 0 Å². The molecular weight excluding hydrogens is 440 g/mol. The van der Waals surface area contributed by atoms with Crippen molar-refractivity contribution in [2.75, 3.05) is 56.2 Å². The van der Waals surface area contributed by atoms with E-state index in [9.17, 15) is 4.79 Å². The molecule has 0 bridgehead atoms. The number of ether oxygens (including phenoxy) is 2. The summed E-state index contributed by atoms with van der Waals surface area (Å²) in [6.45, 7) is 13.9. The number of hydrogen-bond acceptors (Lipinski definition) is 7. The van der Waals surface area contributed by atoms with Gasteiger partial charge in [0.2, 0.25) is 0 Å². The fourth-order valence-electron chi connectivity index (χ4n) is 4.50. The molecule has 7 nitrogen and oxygen atoms in total. The minimum atomic E-state index is -0.387. The number of likely N-dealkylation sites (N-methyl/N-ethyl adjacent to an activating group) is 1. The van der Waals surface area contributed by atoms with E-state index in [2.05, 4.69) is 52.1 Å². The Morgan fingerprint density at radius 1 is 1.00 bits per heavy atom. The molecule has 0 unspecified atom stereocenters. The molecule has 1 fully saturated rings. The first-order valence-electron chi connectivity index (χ1n) is 12.7. The van der Waals surface area contributed by atoms with Crippen molar-refractivity contribution < 1.29 is 14.3 Å². The van der Waals surface area contributed by atoms with Gasteiger partial charge < -0.3 is 24.6 Å². The van der Waals surface area contributed by atoms with E-state index in [-0.39, 0.29) is 5.97 Å². The van der Waals surface area contributed by atoms with Gasteiger partial charge in [-0.3, -0.25) is 4.98 Å². The maximum absolute atomic E-state index is 12.9. The van der Waals surface area contributed by atoms with Crippen LogP contribution in [-0.4, -0.2) is 61.8 Å². The van der Waals surface area contributed by atoms with E-state index in [1.165, 1.54) is 5.56 Å². The van der Waals surface area contributed by atoms with Crippen molar-refractivity contribution in [1.29, 1.82) is 0 Å². The second-order valence-electron chi connectivity index (χ2n) is 8.63. The fourth-order valence-corrected chi connectivity index (χ4v) is 4.50. The number of benzene rings is 2. The molecule has 186 valence electrons. The van der Waals surface area contributed by atoms with Gasteiger partial charge in [-0.15, -0.1) is 0 Å². The zero-order valence-corrected chi connectivity index (χ0v) is 21.3. The number of fused-ring (bicyclic) bond motifs is 1. The van der Waals surface area contributed by atoms with Crippen LogP contribution in [0.25, 0.3) is 10.9 Å². The fraction of sp³-hybridized carbons (Fsp3) is 0.429. The number of aryl methyl sites for hydroxylation is 1. The predicted octanol–water partition coefficient (Wildman–Crippen LogP) is 5.26. The van der Waals surface area contributed by atoms with E-state index in [0.29, 0.717) is 24.5 Å². The molecule has 1 aliphatic heterocycles. The Hall–Kier alpha value is -3.32. The summed E-state index contributed by atoms with van der Waals surface area (Å²) >= 11 is 0. The zero-order valence-electron chi connectivity index (χ0n) is 21.3. The number of carbonyl (C=O) groups is 1. The molecule has 35 heavy (non-hydrogen) atoms. The molecule has 1 aliphatic rings. The second kappa shape index (κ2) is 11.4. The third kappa shape index (κ3) is 5.51. The molecule has 0 saturated carbocycles. The van der Waals surface area contributed by atoms with Gasteiger partial charge in [0, 0.05) is 49.5 Å². The highest BCUT2D eigenvalue weighted by Crippen LogP contribution is 2.38. The molecule has 7 heteroatoms. The molecule has 0 amide bonds. The summed E-state index contributed by atoms with van der Waals surface area (Å²) < 4.78 is 11.4.